The molecule has 2 nitrogen and oxygen atoms in total. The van der Waals surface area contributed by atoms with Crippen molar-refractivity contribution in [3.63, 3.8) is 0 Å². The van der Waals surface area contributed by atoms with E-state index < -0.39 is 5.16 Å². The van der Waals surface area contributed by atoms with E-state index in [0.717, 1.165) is 58.7 Å². The monoisotopic (exact) mass is 776 g/mol. The van der Waals surface area contributed by atoms with Crippen LogP contribution in [0.4, 0.5) is 0 Å². The van der Waals surface area contributed by atoms with Gasteiger partial charge in [-0.3, -0.25) is 9.97 Å². The number of benzene rings is 1. The predicted molar refractivity (Wildman–Crippen MR) is 220 cm³/mol. The fraction of sp³-hybridized carbons (Fsp3) is 0.458. The number of hydrogen-bond acceptors (Lipinski definition) is 2. The molecule has 5 aromatic rings. The van der Waals surface area contributed by atoms with Crippen LogP contribution in [0.5, 0.6) is 0 Å². The van der Waals surface area contributed by atoms with Crippen molar-refractivity contribution in [3.05, 3.63) is 144 Å². The molecule has 53 heavy (non-hydrogen) atoms. The zero-order valence-electron chi connectivity index (χ0n) is 30.9. The van der Waals surface area contributed by atoms with E-state index in [2.05, 4.69) is 98.3 Å². The standard InChI is InChI=1S/C43H49N2P2.C5H5.Fe/c46-43(38-8-4-10-44-24-38,39-9-5-11-45-25-39)40-23-32(31-6-2-1-3-7-31)22-37(40)26-47(41-33-14-27-12-28(16-33)17-34(41)15-27)42-35-18-29-13-30(20-35)21-36(42)19-29;1-2-4-5-3-1;/h1-11,22-25,27-30,33-36,41-42H,12-21,26,46H2;1-5H;/q-1;-5;. The molecule has 280 valence electrons. The van der Waals surface area contributed by atoms with E-state index in [9.17, 15) is 0 Å². The fourth-order valence-electron chi connectivity index (χ4n) is 13.3. The van der Waals surface area contributed by atoms with E-state index in [1.54, 1.807) is 69.8 Å². The van der Waals surface area contributed by atoms with E-state index in [1.807, 2.05) is 42.7 Å². The van der Waals surface area contributed by atoms with Gasteiger partial charge in [0.2, 0.25) is 0 Å². The molecule has 8 aliphatic rings. The van der Waals surface area contributed by atoms with Crippen LogP contribution in [0.2, 0.25) is 0 Å². The average molecular weight is 777 g/mol. The number of rotatable bonds is 8. The SMILES string of the molecule is PC(c1cccnc1)(c1cccnc1)[c-]1cc(-c2ccccc2)cc1CP(C1C2CC3CC(C2)CC1C3)C1C2CC3CC(C2)CC1C3.[Fe].[cH-]1[cH-][cH-][cH-][cH-]1. The van der Waals surface area contributed by atoms with Gasteiger partial charge in [0.15, 0.2) is 0 Å². The van der Waals surface area contributed by atoms with Gasteiger partial charge >= 0.3 is 0 Å². The van der Waals surface area contributed by atoms with Crippen LogP contribution in [0.1, 0.15) is 86.5 Å². The second-order valence-corrected chi connectivity index (χ2v) is 21.2. The van der Waals surface area contributed by atoms with E-state index >= 15 is 0 Å². The molecule has 0 saturated heterocycles. The van der Waals surface area contributed by atoms with Gasteiger partial charge in [-0.15, -0.1) is 14.8 Å². The van der Waals surface area contributed by atoms with Crippen LogP contribution in [-0.2, 0) is 28.4 Å². The van der Waals surface area contributed by atoms with Gasteiger partial charge in [0, 0.05) is 47.0 Å². The summed E-state index contributed by atoms with van der Waals surface area (Å²) in [6.45, 7) is 0. The molecule has 1 atom stereocenters. The second kappa shape index (κ2) is 15.3. The maximum Gasteiger partial charge on any atom is 0.0305 e. The molecule has 0 N–H and O–H groups in total. The molecule has 8 fully saturated rings. The van der Waals surface area contributed by atoms with Crippen molar-refractivity contribution < 1.29 is 17.1 Å². The van der Waals surface area contributed by atoms with Gasteiger partial charge in [-0.1, -0.05) is 55.9 Å². The van der Waals surface area contributed by atoms with Crippen LogP contribution in [0, 0.1) is 47.3 Å². The summed E-state index contributed by atoms with van der Waals surface area (Å²) in [5, 5.41) is -0.403. The minimum Gasteiger partial charge on any atom is -0.748 e. The van der Waals surface area contributed by atoms with Crippen molar-refractivity contribution in [2.24, 2.45) is 47.3 Å². The molecule has 0 aliphatic heterocycles. The second-order valence-electron chi connectivity index (χ2n) is 17.8. The molecular weight excluding hydrogens is 722 g/mol. The maximum absolute atomic E-state index is 4.67. The zero-order chi connectivity index (χ0) is 34.6. The third-order valence-corrected chi connectivity index (χ3v) is 19.7. The van der Waals surface area contributed by atoms with Crippen molar-refractivity contribution >= 4 is 17.2 Å². The Morgan fingerprint density at radius 3 is 1.47 bits per heavy atom. The molecule has 8 aliphatic carbocycles. The maximum atomic E-state index is 4.67. The number of aromatic nitrogens is 2. The molecule has 1 unspecified atom stereocenters. The Morgan fingerprint density at radius 1 is 0.604 bits per heavy atom. The summed E-state index contributed by atoms with van der Waals surface area (Å²) < 4.78 is 0. The Labute approximate surface area is 332 Å². The van der Waals surface area contributed by atoms with Crippen LogP contribution in [0.3, 0.4) is 0 Å². The predicted octanol–water partition coefficient (Wildman–Crippen LogP) is 12.1. The van der Waals surface area contributed by atoms with Crippen molar-refractivity contribution in [2.75, 3.05) is 0 Å². The first kappa shape index (κ1) is 36.3. The zero-order valence-corrected chi connectivity index (χ0v) is 34.0. The van der Waals surface area contributed by atoms with Crippen LogP contribution >= 0.6 is 17.2 Å². The van der Waals surface area contributed by atoms with Gasteiger partial charge in [-0.2, -0.15) is 17.2 Å². The first-order valence-corrected chi connectivity index (χ1v) is 22.7. The summed E-state index contributed by atoms with van der Waals surface area (Å²) in [4.78, 5) is 9.35. The first-order chi connectivity index (χ1) is 25.6. The van der Waals surface area contributed by atoms with Gasteiger partial charge < -0.3 is 30.3 Å². The van der Waals surface area contributed by atoms with E-state index in [4.69, 9.17) is 0 Å². The summed E-state index contributed by atoms with van der Waals surface area (Å²) in [6, 6.07) is 35.1. The topological polar surface area (TPSA) is 25.8 Å². The first-order valence-electron chi connectivity index (χ1n) is 20.5. The molecule has 3 aromatic carbocycles. The van der Waals surface area contributed by atoms with Gasteiger partial charge in [0.25, 0.3) is 0 Å². The normalized spacial score (nSPS) is 32.5. The Bertz CT molecular complexity index is 1770. The summed E-state index contributed by atoms with van der Waals surface area (Å²) in [6.07, 6.45) is 24.8. The number of hydrogen-bond donors (Lipinski definition) is 0. The van der Waals surface area contributed by atoms with Gasteiger partial charge in [-0.05, 0) is 152 Å². The van der Waals surface area contributed by atoms with Crippen LogP contribution in [0.15, 0.2) is 122 Å². The average Bonchev–Trinajstić information content (AvgIpc) is 3.90. The van der Waals surface area contributed by atoms with E-state index in [-0.39, 0.29) is 25.0 Å². The molecule has 13 rings (SSSR count). The minimum absolute atomic E-state index is 0. The third kappa shape index (κ3) is 6.80. The molecule has 8 saturated carbocycles. The van der Waals surface area contributed by atoms with E-state index in [0.29, 0.717) is 0 Å². The molecular formula is C48H54FeN2P2-6. The molecule has 0 amide bonds. The smallest absolute Gasteiger partial charge is 0.0305 e. The molecule has 0 radical (unpaired) electrons. The van der Waals surface area contributed by atoms with Crippen LogP contribution in [0.25, 0.3) is 11.1 Å². The van der Waals surface area contributed by atoms with E-state index in [1.165, 1.54) is 34.0 Å². The van der Waals surface area contributed by atoms with Crippen molar-refractivity contribution in [1.82, 2.24) is 9.97 Å². The number of pyridine rings is 2. The molecule has 2 heterocycles. The summed E-state index contributed by atoms with van der Waals surface area (Å²) in [5.41, 5.74) is 10.2. The van der Waals surface area contributed by atoms with Crippen molar-refractivity contribution in [3.8, 4) is 11.1 Å². The largest absolute Gasteiger partial charge is 0.748 e. The molecule has 5 heteroatoms. The Morgan fingerprint density at radius 2 is 1.06 bits per heavy atom. The summed E-state index contributed by atoms with van der Waals surface area (Å²) in [5.74, 6) is 8.16. The Hall–Kier alpha value is -2.40. The molecule has 2 aromatic heterocycles. The molecule has 8 bridgehead atoms. The van der Waals surface area contributed by atoms with Gasteiger partial charge in [-0.25, -0.2) is 6.07 Å². The fourth-order valence-corrected chi connectivity index (χ4v) is 18.5. The minimum atomic E-state index is -0.403. The van der Waals surface area contributed by atoms with Crippen molar-refractivity contribution in [1.29, 1.82) is 0 Å². The Kier molecular flexibility index (Phi) is 10.4. The quantitative estimate of drug-likeness (QED) is 0.0891. The van der Waals surface area contributed by atoms with Gasteiger partial charge in [0.1, 0.15) is 0 Å². The van der Waals surface area contributed by atoms with Crippen molar-refractivity contribution in [2.45, 2.75) is 86.8 Å². The van der Waals surface area contributed by atoms with Crippen LogP contribution in [-0.4, -0.2) is 21.3 Å². The summed E-state index contributed by atoms with van der Waals surface area (Å²) >= 11 is 0. The Balaban J connectivity index is 0.000000576. The summed E-state index contributed by atoms with van der Waals surface area (Å²) in [7, 11) is 3.22. The number of nitrogens with zero attached hydrogens (tertiary/aromatic N) is 2. The van der Waals surface area contributed by atoms with Crippen LogP contribution < -0.4 is 0 Å². The van der Waals surface area contributed by atoms with Gasteiger partial charge in [0.05, 0.1) is 0 Å². The third-order valence-electron chi connectivity index (χ3n) is 14.8. The molecule has 0 spiro atoms.